The molecule has 164 valence electrons. The third kappa shape index (κ3) is 4.95. The zero-order chi connectivity index (χ0) is 22.5. The first-order valence-electron chi connectivity index (χ1n) is 9.89. The fourth-order valence-electron chi connectivity index (χ4n) is 3.39. The Bertz CT molecular complexity index is 1070. The first-order chi connectivity index (χ1) is 15.5. The van der Waals surface area contributed by atoms with Gasteiger partial charge in [0.1, 0.15) is 18.0 Å². The van der Waals surface area contributed by atoms with Crippen molar-refractivity contribution in [1.82, 2.24) is 9.88 Å². The number of nitrogens with two attached hydrogens (primary N) is 1. The Morgan fingerprint density at radius 2 is 1.78 bits per heavy atom. The molecule has 7 nitrogen and oxygen atoms in total. The molecule has 2 aromatic carbocycles. The Balaban J connectivity index is 1.57. The zero-order valence-electron chi connectivity index (χ0n) is 17.0. The maximum atomic E-state index is 13.3. The van der Waals surface area contributed by atoms with Crippen LogP contribution >= 0.6 is 27.7 Å². The second-order valence-electron chi connectivity index (χ2n) is 7.11. The summed E-state index contributed by atoms with van der Waals surface area (Å²) in [6.07, 6.45) is 2.76. The van der Waals surface area contributed by atoms with Crippen LogP contribution < -0.4 is 10.9 Å². The van der Waals surface area contributed by atoms with Crippen molar-refractivity contribution in [2.45, 2.75) is 18.0 Å². The van der Waals surface area contributed by atoms with Gasteiger partial charge in [-0.25, -0.2) is 15.6 Å². The fraction of sp³-hybridized carbons (Fsp3) is 0.174. The summed E-state index contributed by atoms with van der Waals surface area (Å²) in [5, 5.41) is 0.706. The second kappa shape index (κ2) is 10.2. The summed E-state index contributed by atoms with van der Waals surface area (Å²) in [5.41, 5.74) is 2.27. The lowest BCUT2D eigenvalue weighted by Crippen LogP contribution is -2.52. The van der Waals surface area contributed by atoms with Crippen molar-refractivity contribution >= 4 is 45.4 Å². The molecule has 0 radical (unpaired) electrons. The Labute approximate surface area is 198 Å². The molecular weight excluding hydrogens is 492 g/mol. The van der Waals surface area contributed by atoms with E-state index in [2.05, 4.69) is 20.9 Å². The molecule has 32 heavy (non-hydrogen) atoms. The summed E-state index contributed by atoms with van der Waals surface area (Å²) >= 11 is 4.87. The number of aromatic nitrogens is 1. The molecule has 1 aliphatic heterocycles. The third-order valence-corrected chi connectivity index (χ3v) is 6.89. The van der Waals surface area contributed by atoms with Crippen LogP contribution in [-0.4, -0.2) is 33.7 Å². The summed E-state index contributed by atoms with van der Waals surface area (Å²) in [6, 6.07) is 19.4. The van der Waals surface area contributed by atoms with E-state index in [0.29, 0.717) is 11.4 Å². The van der Waals surface area contributed by atoms with Crippen LogP contribution in [0.15, 0.2) is 83.6 Å². The van der Waals surface area contributed by atoms with Crippen LogP contribution in [0, 0.1) is 0 Å². The number of pyridine rings is 1. The quantitative estimate of drug-likeness (QED) is 0.307. The molecule has 3 aromatic rings. The lowest BCUT2D eigenvalue weighted by atomic mass is 10.2. The number of anilines is 1. The summed E-state index contributed by atoms with van der Waals surface area (Å²) in [6.45, 7) is 0.115. The SMILES string of the molecule is NN(C(=O)C1CSC(c2ccncc2)N1C(=O)OCc1ccccc1)c1ccc(Br)cc1. The lowest BCUT2D eigenvalue weighted by molar-refractivity contribution is -0.122. The number of hydrazine groups is 1. The number of halogens is 1. The van der Waals surface area contributed by atoms with Gasteiger partial charge >= 0.3 is 6.09 Å². The van der Waals surface area contributed by atoms with E-state index in [0.717, 1.165) is 20.6 Å². The number of hydrogen-bond acceptors (Lipinski definition) is 6. The van der Waals surface area contributed by atoms with Gasteiger partial charge < -0.3 is 4.74 Å². The van der Waals surface area contributed by atoms with Crippen molar-refractivity contribution in [2.24, 2.45) is 5.84 Å². The van der Waals surface area contributed by atoms with Crippen LogP contribution in [0.5, 0.6) is 0 Å². The minimum atomic E-state index is -0.768. The van der Waals surface area contributed by atoms with Crippen molar-refractivity contribution in [1.29, 1.82) is 0 Å². The normalized spacial score (nSPS) is 17.8. The third-order valence-electron chi connectivity index (χ3n) is 5.03. The van der Waals surface area contributed by atoms with Gasteiger partial charge in [0.05, 0.1) is 5.69 Å². The first-order valence-corrected chi connectivity index (χ1v) is 11.7. The Morgan fingerprint density at radius 3 is 2.47 bits per heavy atom. The van der Waals surface area contributed by atoms with Gasteiger partial charge in [0.2, 0.25) is 0 Å². The number of carbonyl (C=O) groups is 2. The number of nitrogens with zero attached hydrogens (tertiary/aromatic N) is 3. The van der Waals surface area contributed by atoms with Crippen molar-refractivity contribution in [2.75, 3.05) is 10.8 Å². The summed E-state index contributed by atoms with van der Waals surface area (Å²) in [7, 11) is 0. The molecule has 1 fully saturated rings. The van der Waals surface area contributed by atoms with Gasteiger partial charge in [0.25, 0.3) is 5.91 Å². The zero-order valence-corrected chi connectivity index (χ0v) is 19.4. The Morgan fingerprint density at radius 1 is 1.09 bits per heavy atom. The van der Waals surface area contributed by atoms with E-state index >= 15 is 0 Å². The molecule has 1 aliphatic rings. The van der Waals surface area contributed by atoms with Crippen LogP contribution in [0.3, 0.4) is 0 Å². The molecule has 2 amide bonds. The van der Waals surface area contributed by atoms with Crippen molar-refractivity contribution in [3.8, 4) is 0 Å². The number of amides is 2. The average Bonchev–Trinajstić information content (AvgIpc) is 3.28. The van der Waals surface area contributed by atoms with Gasteiger partial charge in [0, 0.05) is 22.6 Å². The minimum absolute atomic E-state index is 0.115. The van der Waals surface area contributed by atoms with Crippen LogP contribution in [0.25, 0.3) is 0 Å². The molecule has 2 unspecified atom stereocenters. The van der Waals surface area contributed by atoms with Crippen LogP contribution in [-0.2, 0) is 16.1 Å². The molecule has 1 aromatic heterocycles. The topological polar surface area (TPSA) is 88.8 Å². The van der Waals surface area contributed by atoms with Gasteiger partial charge in [-0.1, -0.05) is 46.3 Å². The average molecular weight is 513 g/mol. The van der Waals surface area contributed by atoms with E-state index in [4.69, 9.17) is 10.6 Å². The molecule has 9 heteroatoms. The van der Waals surface area contributed by atoms with Gasteiger partial charge in [0.15, 0.2) is 0 Å². The van der Waals surface area contributed by atoms with E-state index in [9.17, 15) is 9.59 Å². The standard InChI is InChI=1S/C23H21BrN4O3S/c24-18-6-8-19(9-7-18)28(25)21(29)20-15-32-22(17-10-12-26-13-11-17)27(20)23(30)31-14-16-4-2-1-3-5-16/h1-13,20,22H,14-15,25H2. The monoisotopic (exact) mass is 512 g/mol. The predicted molar refractivity (Wildman–Crippen MR) is 128 cm³/mol. The van der Waals surface area contributed by atoms with E-state index in [-0.39, 0.29) is 17.9 Å². The Hall–Kier alpha value is -2.88. The minimum Gasteiger partial charge on any atom is -0.444 e. The number of carbonyl (C=O) groups excluding carboxylic acids is 2. The van der Waals surface area contributed by atoms with Crippen molar-refractivity contribution < 1.29 is 14.3 Å². The van der Waals surface area contributed by atoms with E-state index < -0.39 is 12.1 Å². The molecule has 2 N–H and O–H groups in total. The lowest BCUT2D eigenvalue weighted by Gasteiger charge is -2.30. The molecule has 0 saturated carbocycles. The molecular formula is C23H21BrN4O3S. The highest BCUT2D eigenvalue weighted by molar-refractivity contribution is 9.10. The summed E-state index contributed by atoms with van der Waals surface area (Å²) in [4.78, 5) is 32.0. The number of rotatable bonds is 5. The van der Waals surface area contributed by atoms with Crippen LogP contribution in [0.2, 0.25) is 0 Å². The Kier molecular flexibility index (Phi) is 7.09. The highest BCUT2D eigenvalue weighted by Gasteiger charge is 2.44. The fourth-order valence-corrected chi connectivity index (χ4v) is 5.06. The highest BCUT2D eigenvalue weighted by Crippen LogP contribution is 2.42. The number of benzene rings is 2. The van der Waals surface area contributed by atoms with E-state index in [1.165, 1.54) is 16.7 Å². The van der Waals surface area contributed by atoms with Gasteiger partial charge in [-0.3, -0.25) is 14.7 Å². The molecule has 2 heterocycles. The predicted octanol–water partition coefficient (Wildman–Crippen LogP) is 4.50. The van der Waals surface area contributed by atoms with E-state index in [1.54, 1.807) is 36.7 Å². The molecule has 1 saturated heterocycles. The van der Waals surface area contributed by atoms with Crippen LogP contribution in [0.1, 0.15) is 16.5 Å². The first kappa shape index (κ1) is 22.3. The number of hydrogen-bond donors (Lipinski definition) is 1. The molecule has 0 spiro atoms. The van der Waals surface area contributed by atoms with Gasteiger partial charge in [-0.2, -0.15) is 0 Å². The molecule has 2 atom stereocenters. The highest BCUT2D eigenvalue weighted by atomic mass is 79.9. The number of ether oxygens (including phenoxy) is 1. The largest absolute Gasteiger partial charge is 0.444 e. The maximum Gasteiger partial charge on any atom is 0.412 e. The maximum absolute atomic E-state index is 13.3. The van der Waals surface area contributed by atoms with Crippen molar-refractivity contribution in [3.63, 3.8) is 0 Å². The van der Waals surface area contributed by atoms with Crippen LogP contribution in [0.4, 0.5) is 10.5 Å². The van der Waals surface area contributed by atoms with Gasteiger partial charge in [-0.15, -0.1) is 11.8 Å². The summed E-state index contributed by atoms with van der Waals surface area (Å²) in [5.74, 6) is 6.17. The second-order valence-corrected chi connectivity index (χ2v) is 9.14. The number of thioether (sulfide) groups is 1. The molecule has 0 bridgehead atoms. The van der Waals surface area contributed by atoms with E-state index in [1.807, 2.05) is 42.5 Å². The molecule has 0 aliphatic carbocycles. The van der Waals surface area contributed by atoms with Crippen molar-refractivity contribution in [3.05, 3.63) is 94.7 Å². The summed E-state index contributed by atoms with van der Waals surface area (Å²) < 4.78 is 6.46. The molecule has 4 rings (SSSR count). The van der Waals surface area contributed by atoms with Gasteiger partial charge in [-0.05, 0) is 47.5 Å². The smallest absolute Gasteiger partial charge is 0.412 e.